The maximum absolute atomic E-state index is 12.7. The van der Waals surface area contributed by atoms with Crippen LogP contribution in [0.3, 0.4) is 0 Å². The highest BCUT2D eigenvalue weighted by molar-refractivity contribution is 6.03. The molecule has 3 aromatic rings. The second kappa shape index (κ2) is 8.18. The van der Waals surface area contributed by atoms with Crippen LogP contribution in [-0.2, 0) is 6.54 Å². The quantitative estimate of drug-likeness (QED) is 0.656. The number of carbonyl (C=O) groups is 1. The zero-order valence-corrected chi connectivity index (χ0v) is 16.3. The van der Waals surface area contributed by atoms with E-state index in [0.29, 0.717) is 24.0 Å². The van der Waals surface area contributed by atoms with Gasteiger partial charge in [0, 0.05) is 18.3 Å². The van der Waals surface area contributed by atoms with E-state index in [9.17, 15) is 4.79 Å². The molecule has 7 nitrogen and oxygen atoms in total. The van der Waals surface area contributed by atoms with Crippen LogP contribution in [0, 0.1) is 0 Å². The predicted octanol–water partition coefficient (Wildman–Crippen LogP) is 4.19. The van der Waals surface area contributed by atoms with Gasteiger partial charge in [0.15, 0.2) is 11.5 Å². The maximum Gasteiger partial charge on any atom is 0.274 e. The first kappa shape index (κ1) is 18.7. The Kier molecular flexibility index (Phi) is 5.29. The number of ether oxygens (including phenoxy) is 2. The Hall–Kier alpha value is -3.61. The molecule has 1 amide bonds. The highest BCUT2D eigenvalue weighted by atomic mass is 16.7. The van der Waals surface area contributed by atoms with Crippen molar-refractivity contribution in [2.45, 2.75) is 26.3 Å². The Morgan fingerprint density at radius 3 is 2.76 bits per heavy atom. The van der Waals surface area contributed by atoms with Crippen molar-refractivity contribution < 1.29 is 14.3 Å². The molecule has 2 heterocycles. The fourth-order valence-corrected chi connectivity index (χ4v) is 3.12. The number of anilines is 2. The van der Waals surface area contributed by atoms with E-state index in [4.69, 9.17) is 9.47 Å². The number of hydrogen-bond acceptors (Lipinski definition) is 6. The SMILES string of the molecule is CC(C)c1ccccc1NC(=O)c1cc(NCc2ccc3c(c2)OCO3)ncn1. The van der Waals surface area contributed by atoms with Crippen molar-refractivity contribution in [2.24, 2.45) is 0 Å². The van der Waals surface area contributed by atoms with Crippen LogP contribution in [-0.4, -0.2) is 22.7 Å². The summed E-state index contributed by atoms with van der Waals surface area (Å²) in [4.78, 5) is 21.0. The van der Waals surface area contributed by atoms with E-state index < -0.39 is 0 Å². The molecule has 2 aromatic carbocycles. The average molecular weight is 390 g/mol. The second-order valence-electron chi connectivity index (χ2n) is 7.03. The summed E-state index contributed by atoms with van der Waals surface area (Å²) in [5.74, 6) is 2.08. The molecular weight excluding hydrogens is 368 g/mol. The van der Waals surface area contributed by atoms with Crippen LogP contribution < -0.4 is 20.1 Å². The van der Waals surface area contributed by atoms with E-state index in [0.717, 1.165) is 28.3 Å². The molecule has 29 heavy (non-hydrogen) atoms. The van der Waals surface area contributed by atoms with Gasteiger partial charge < -0.3 is 20.1 Å². The Balaban J connectivity index is 1.44. The van der Waals surface area contributed by atoms with Gasteiger partial charge >= 0.3 is 0 Å². The van der Waals surface area contributed by atoms with E-state index in [1.807, 2.05) is 42.5 Å². The molecule has 1 aliphatic rings. The van der Waals surface area contributed by atoms with Crippen LogP contribution >= 0.6 is 0 Å². The summed E-state index contributed by atoms with van der Waals surface area (Å²) >= 11 is 0. The van der Waals surface area contributed by atoms with Crippen LogP contribution in [0.4, 0.5) is 11.5 Å². The molecule has 148 valence electrons. The third-order valence-electron chi connectivity index (χ3n) is 4.64. The molecular formula is C22H22N4O3. The first-order valence-electron chi connectivity index (χ1n) is 9.45. The number of hydrogen-bond donors (Lipinski definition) is 2. The topological polar surface area (TPSA) is 85.4 Å². The van der Waals surface area contributed by atoms with Crippen molar-refractivity contribution in [3.05, 3.63) is 71.7 Å². The monoisotopic (exact) mass is 390 g/mol. The Bertz CT molecular complexity index is 1040. The van der Waals surface area contributed by atoms with Crippen LogP contribution in [0.2, 0.25) is 0 Å². The molecule has 0 spiro atoms. The number of carbonyl (C=O) groups excluding carboxylic acids is 1. The lowest BCUT2D eigenvalue weighted by Crippen LogP contribution is -2.16. The molecule has 0 fully saturated rings. The van der Waals surface area contributed by atoms with Crippen molar-refractivity contribution in [3.63, 3.8) is 0 Å². The minimum atomic E-state index is -0.272. The van der Waals surface area contributed by atoms with Gasteiger partial charge in [-0.2, -0.15) is 0 Å². The Morgan fingerprint density at radius 1 is 1.07 bits per heavy atom. The van der Waals surface area contributed by atoms with E-state index in [1.54, 1.807) is 6.07 Å². The second-order valence-corrected chi connectivity index (χ2v) is 7.03. The van der Waals surface area contributed by atoms with Crippen molar-refractivity contribution in [1.82, 2.24) is 9.97 Å². The van der Waals surface area contributed by atoms with Crippen molar-refractivity contribution in [2.75, 3.05) is 17.4 Å². The lowest BCUT2D eigenvalue weighted by Gasteiger charge is -2.13. The number of rotatable bonds is 6. The Morgan fingerprint density at radius 2 is 1.90 bits per heavy atom. The molecule has 2 N–H and O–H groups in total. The van der Waals surface area contributed by atoms with E-state index in [1.165, 1.54) is 6.33 Å². The number of para-hydroxylation sites is 1. The normalized spacial score (nSPS) is 12.1. The minimum absolute atomic E-state index is 0.247. The van der Waals surface area contributed by atoms with Gasteiger partial charge in [0.1, 0.15) is 17.8 Å². The first-order chi connectivity index (χ1) is 14.1. The molecule has 0 atom stereocenters. The number of nitrogens with zero attached hydrogens (tertiary/aromatic N) is 2. The van der Waals surface area contributed by atoms with E-state index >= 15 is 0 Å². The highest BCUT2D eigenvalue weighted by Crippen LogP contribution is 2.32. The smallest absolute Gasteiger partial charge is 0.274 e. The molecule has 1 aliphatic heterocycles. The molecule has 0 radical (unpaired) electrons. The fourth-order valence-electron chi connectivity index (χ4n) is 3.12. The molecule has 0 bridgehead atoms. The summed E-state index contributed by atoms with van der Waals surface area (Å²) in [7, 11) is 0. The minimum Gasteiger partial charge on any atom is -0.454 e. The molecule has 4 rings (SSSR count). The Labute approximate surface area is 169 Å². The van der Waals surface area contributed by atoms with Crippen LogP contribution in [0.1, 0.15) is 41.4 Å². The van der Waals surface area contributed by atoms with Gasteiger partial charge in [0.25, 0.3) is 5.91 Å². The third-order valence-corrected chi connectivity index (χ3v) is 4.64. The fraction of sp³-hybridized carbons (Fsp3) is 0.227. The number of aromatic nitrogens is 2. The van der Waals surface area contributed by atoms with Gasteiger partial charge in [-0.1, -0.05) is 38.1 Å². The zero-order chi connectivity index (χ0) is 20.2. The summed E-state index contributed by atoms with van der Waals surface area (Å²) in [5.41, 5.74) is 3.19. The molecule has 1 aromatic heterocycles. The van der Waals surface area contributed by atoms with Gasteiger partial charge in [-0.05, 0) is 35.2 Å². The van der Waals surface area contributed by atoms with Crippen LogP contribution in [0.25, 0.3) is 0 Å². The van der Waals surface area contributed by atoms with E-state index in [-0.39, 0.29) is 12.7 Å². The maximum atomic E-state index is 12.7. The third kappa shape index (κ3) is 4.29. The van der Waals surface area contributed by atoms with E-state index in [2.05, 4.69) is 34.4 Å². The van der Waals surface area contributed by atoms with Gasteiger partial charge in [0.2, 0.25) is 6.79 Å². The van der Waals surface area contributed by atoms with Gasteiger partial charge in [-0.15, -0.1) is 0 Å². The molecule has 0 saturated carbocycles. The summed E-state index contributed by atoms with van der Waals surface area (Å²) in [5, 5.41) is 6.16. The predicted molar refractivity (Wildman–Crippen MR) is 110 cm³/mol. The lowest BCUT2D eigenvalue weighted by molar-refractivity contribution is 0.102. The molecule has 0 saturated heterocycles. The number of nitrogens with one attached hydrogen (secondary N) is 2. The molecule has 7 heteroatoms. The van der Waals surface area contributed by atoms with Crippen molar-refractivity contribution >= 4 is 17.4 Å². The van der Waals surface area contributed by atoms with Gasteiger partial charge in [-0.25, -0.2) is 9.97 Å². The average Bonchev–Trinajstić information content (AvgIpc) is 3.20. The lowest BCUT2D eigenvalue weighted by atomic mass is 10.0. The largest absolute Gasteiger partial charge is 0.454 e. The first-order valence-corrected chi connectivity index (χ1v) is 9.45. The molecule has 0 unspecified atom stereocenters. The number of benzene rings is 2. The van der Waals surface area contributed by atoms with Gasteiger partial charge in [0.05, 0.1) is 0 Å². The summed E-state index contributed by atoms with van der Waals surface area (Å²) in [6.07, 6.45) is 1.38. The summed E-state index contributed by atoms with van der Waals surface area (Å²) < 4.78 is 10.7. The van der Waals surface area contributed by atoms with Gasteiger partial charge in [-0.3, -0.25) is 4.79 Å². The van der Waals surface area contributed by atoms with Crippen molar-refractivity contribution in [1.29, 1.82) is 0 Å². The highest BCUT2D eigenvalue weighted by Gasteiger charge is 2.14. The number of amides is 1. The summed E-state index contributed by atoms with van der Waals surface area (Å²) in [6.45, 7) is 4.96. The number of fused-ring (bicyclic) bond motifs is 1. The van der Waals surface area contributed by atoms with Crippen LogP contribution in [0.5, 0.6) is 11.5 Å². The zero-order valence-electron chi connectivity index (χ0n) is 16.3. The standard InChI is InChI=1S/C22H22N4O3/c1-14(2)16-5-3-4-6-17(16)26-22(27)18-10-21(25-12-24-18)23-11-15-7-8-19-20(9-15)29-13-28-19/h3-10,12,14H,11,13H2,1-2H3,(H,26,27)(H,23,24,25). The summed E-state index contributed by atoms with van der Waals surface area (Å²) in [6, 6.07) is 15.2. The van der Waals surface area contributed by atoms with Crippen LogP contribution in [0.15, 0.2) is 54.9 Å². The van der Waals surface area contributed by atoms with Crippen molar-refractivity contribution in [3.8, 4) is 11.5 Å². The molecule has 0 aliphatic carbocycles.